The number of nitrogens with one attached hydrogen (secondary N) is 1. The van der Waals surface area contributed by atoms with Gasteiger partial charge in [-0.1, -0.05) is 30.3 Å². The molecule has 2 heterocycles. The second kappa shape index (κ2) is 8.18. The van der Waals surface area contributed by atoms with Crippen LogP contribution in [0.15, 0.2) is 70.1 Å². The minimum atomic E-state index is -0.524. The summed E-state index contributed by atoms with van der Waals surface area (Å²) in [6.07, 6.45) is 2.58. The van der Waals surface area contributed by atoms with Crippen molar-refractivity contribution in [1.29, 1.82) is 0 Å². The second-order valence-corrected chi connectivity index (χ2v) is 7.27. The Kier molecular flexibility index (Phi) is 5.27. The van der Waals surface area contributed by atoms with Gasteiger partial charge in [0.25, 0.3) is 11.5 Å². The first kappa shape index (κ1) is 19.3. The molecule has 0 bridgehead atoms. The second-order valence-electron chi connectivity index (χ2n) is 6.41. The lowest BCUT2D eigenvalue weighted by Crippen LogP contribution is -2.30. The summed E-state index contributed by atoms with van der Waals surface area (Å²) in [5.74, 6) is -0.784. The number of carbonyl (C=O) groups excluding carboxylic acids is 1. The molecule has 150 valence electrons. The molecule has 3 N–H and O–H groups in total. The van der Waals surface area contributed by atoms with E-state index in [0.717, 1.165) is 17.2 Å². The van der Waals surface area contributed by atoms with Crippen LogP contribution in [0.4, 0.5) is 0 Å². The summed E-state index contributed by atoms with van der Waals surface area (Å²) in [4.78, 5) is 30.1. The summed E-state index contributed by atoms with van der Waals surface area (Å²) >= 11 is 1.37. The molecule has 0 atom stereocenters. The maximum Gasteiger partial charge on any atom is 0.263 e. The molecular weight excluding hydrogens is 404 g/mol. The lowest BCUT2D eigenvalue weighted by Gasteiger charge is -2.05. The topological polar surface area (TPSA) is 117 Å². The van der Waals surface area contributed by atoms with Gasteiger partial charge in [-0.05, 0) is 17.7 Å². The molecule has 0 spiro atoms. The average molecular weight is 420 g/mol. The molecule has 0 radical (unpaired) electrons. The Morgan fingerprint density at radius 2 is 2.00 bits per heavy atom. The van der Waals surface area contributed by atoms with E-state index in [1.54, 1.807) is 0 Å². The van der Waals surface area contributed by atoms with Crippen LogP contribution in [-0.4, -0.2) is 31.9 Å². The minimum absolute atomic E-state index is 0.0840. The van der Waals surface area contributed by atoms with Crippen molar-refractivity contribution in [1.82, 2.24) is 15.0 Å². The zero-order valence-electron chi connectivity index (χ0n) is 15.5. The molecule has 0 aliphatic heterocycles. The third kappa shape index (κ3) is 3.91. The molecule has 0 unspecified atom stereocenters. The molecule has 8 nitrogen and oxygen atoms in total. The summed E-state index contributed by atoms with van der Waals surface area (Å²) in [6, 6.07) is 13.5. The highest BCUT2D eigenvalue weighted by Gasteiger charge is 2.14. The fourth-order valence-corrected chi connectivity index (χ4v) is 3.82. The summed E-state index contributed by atoms with van der Waals surface area (Å²) < 4.78 is 1.23. The Morgan fingerprint density at radius 3 is 2.77 bits per heavy atom. The summed E-state index contributed by atoms with van der Waals surface area (Å²) in [6.45, 7) is -0.259. The number of rotatable bonds is 5. The standard InChI is InChI=1S/C21H16N4O4S/c26-15-7-6-14(17(27)8-15)9-23-24-18(28)10-25-12-22-20-19(21(25)29)16(11-30-20)13-4-2-1-3-5-13/h1-9,11-12,26-27H,10H2,(H,24,28)/b23-9+. The molecular formula is C21H16N4O4S. The Hall–Kier alpha value is -3.98. The first-order chi connectivity index (χ1) is 14.5. The molecule has 2 aromatic carbocycles. The molecule has 0 saturated carbocycles. The number of aromatic nitrogens is 2. The zero-order valence-corrected chi connectivity index (χ0v) is 16.3. The van der Waals surface area contributed by atoms with Gasteiger partial charge in [0.15, 0.2) is 0 Å². The lowest BCUT2D eigenvalue weighted by atomic mass is 10.1. The first-order valence-corrected chi connectivity index (χ1v) is 9.77. The van der Waals surface area contributed by atoms with Gasteiger partial charge in [-0.15, -0.1) is 11.3 Å². The number of hydrogen-bond donors (Lipinski definition) is 3. The van der Waals surface area contributed by atoms with Gasteiger partial charge >= 0.3 is 0 Å². The van der Waals surface area contributed by atoms with E-state index in [1.807, 2.05) is 35.7 Å². The Morgan fingerprint density at radius 1 is 1.20 bits per heavy atom. The number of hydrogen-bond acceptors (Lipinski definition) is 7. The van der Waals surface area contributed by atoms with Gasteiger partial charge in [-0.25, -0.2) is 10.4 Å². The normalized spacial score (nSPS) is 11.2. The molecule has 0 aliphatic carbocycles. The van der Waals surface area contributed by atoms with Gasteiger partial charge in [0, 0.05) is 22.6 Å². The third-order valence-corrected chi connectivity index (χ3v) is 5.25. The average Bonchev–Trinajstić information content (AvgIpc) is 3.17. The van der Waals surface area contributed by atoms with Crippen LogP contribution in [0, 0.1) is 0 Å². The number of hydrazone groups is 1. The monoisotopic (exact) mass is 420 g/mol. The number of fused-ring (bicyclic) bond motifs is 1. The van der Waals surface area contributed by atoms with Crippen LogP contribution in [0.1, 0.15) is 5.56 Å². The number of phenolic OH excluding ortho intramolecular Hbond substituents is 2. The van der Waals surface area contributed by atoms with E-state index >= 15 is 0 Å². The van der Waals surface area contributed by atoms with Crippen LogP contribution in [0.25, 0.3) is 21.3 Å². The van der Waals surface area contributed by atoms with Crippen LogP contribution >= 0.6 is 11.3 Å². The summed E-state index contributed by atoms with van der Waals surface area (Å²) in [5, 5.41) is 25.1. The van der Waals surface area contributed by atoms with E-state index in [4.69, 9.17) is 0 Å². The minimum Gasteiger partial charge on any atom is -0.508 e. The van der Waals surface area contributed by atoms with Crippen molar-refractivity contribution >= 4 is 33.7 Å². The predicted octanol–water partition coefficient (Wildman–Crippen LogP) is 2.69. The molecule has 4 aromatic rings. The SMILES string of the molecule is O=C(Cn1cnc2scc(-c3ccccc3)c2c1=O)N/N=C/c1ccc(O)cc1O. The van der Waals surface area contributed by atoms with E-state index in [1.165, 1.54) is 40.6 Å². The van der Waals surface area contributed by atoms with Crippen molar-refractivity contribution in [3.8, 4) is 22.6 Å². The maximum absolute atomic E-state index is 12.9. The largest absolute Gasteiger partial charge is 0.508 e. The van der Waals surface area contributed by atoms with Crippen molar-refractivity contribution in [2.24, 2.45) is 5.10 Å². The quantitative estimate of drug-likeness (QED) is 0.339. The Bertz CT molecular complexity index is 1310. The number of nitrogens with zero attached hydrogens (tertiary/aromatic N) is 3. The fourth-order valence-electron chi connectivity index (χ4n) is 2.92. The van der Waals surface area contributed by atoms with Gasteiger partial charge in [0.2, 0.25) is 0 Å². The molecule has 0 saturated heterocycles. The smallest absolute Gasteiger partial charge is 0.263 e. The lowest BCUT2D eigenvalue weighted by molar-refractivity contribution is -0.121. The van der Waals surface area contributed by atoms with Gasteiger partial charge in [0.1, 0.15) is 22.9 Å². The Balaban J connectivity index is 1.54. The molecule has 4 rings (SSSR count). The third-order valence-electron chi connectivity index (χ3n) is 4.37. The van der Waals surface area contributed by atoms with Crippen molar-refractivity contribution < 1.29 is 15.0 Å². The van der Waals surface area contributed by atoms with Crippen LogP contribution in [0.3, 0.4) is 0 Å². The van der Waals surface area contributed by atoms with Gasteiger partial charge < -0.3 is 10.2 Å². The van der Waals surface area contributed by atoms with Crippen molar-refractivity contribution in [2.45, 2.75) is 6.54 Å². The van der Waals surface area contributed by atoms with Crippen molar-refractivity contribution in [3.05, 3.63) is 76.2 Å². The molecule has 2 aromatic heterocycles. The molecule has 9 heteroatoms. The highest BCUT2D eigenvalue weighted by Crippen LogP contribution is 2.30. The van der Waals surface area contributed by atoms with Crippen LogP contribution < -0.4 is 11.0 Å². The van der Waals surface area contributed by atoms with Crippen molar-refractivity contribution in [3.63, 3.8) is 0 Å². The molecule has 0 fully saturated rings. The highest BCUT2D eigenvalue weighted by molar-refractivity contribution is 7.17. The van der Waals surface area contributed by atoms with E-state index < -0.39 is 5.91 Å². The van der Waals surface area contributed by atoms with Crippen LogP contribution in [0.5, 0.6) is 11.5 Å². The summed E-state index contributed by atoms with van der Waals surface area (Å²) in [5.41, 5.74) is 4.00. The predicted molar refractivity (Wildman–Crippen MR) is 115 cm³/mol. The van der Waals surface area contributed by atoms with Gasteiger partial charge in [-0.3, -0.25) is 14.2 Å². The number of carbonyl (C=O) groups is 1. The van der Waals surface area contributed by atoms with E-state index in [2.05, 4.69) is 15.5 Å². The zero-order chi connectivity index (χ0) is 21.1. The maximum atomic E-state index is 12.9. The van der Waals surface area contributed by atoms with E-state index in [9.17, 15) is 19.8 Å². The van der Waals surface area contributed by atoms with E-state index in [-0.39, 0.29) is 23.6 Å². The molecule has 0 aliphatic rings. The van der Waals surface area contributed by atoms with Crippen LogP contribution in [0.2, 0.25) is 0 Å². The molecule has 30 heavy (non-hydrogen) atoms. The Labute approximate surface area is 174 Å². The molecule has 1 amide bonds. The number of benzene rings is 2. The number of aromatic hydroxyl groups is 2. The highest BCUT2D eigenvalue weighted by atomic mass is 32.1. The van der Waals surface area contributed by atoms with Gasteiger partial charge in [0.05, 0.1) is 17.9 Å². The first-order valence-electron chi connectivity index (χ1n) is 8.89. The number of phenols is 2. The van der Waals surface area contributed by atoms with E-state index in [0.29, 0.717) is 15.8 Å². The number of amides is 1. The summed E-state index contributed by atoms with van der Waals surface area (Å²) in [7, 11) is 0. The van der Waals surface area contributed by atoms with Crippen molar-refractivity contribution in [2.75, 3.05) is 0 Å². The van der Waals surface area contributed by atoms with Gasteiger partial charge in [-0.2, -0.15) is 5.10 Å². The number of thiophene rings is 1. The van der Waals surface area contributed by atoms with Crippen LogP contribution in [-0.2, 0) is 11.3 Å². The fraction of sp³-hybridized carbons (Fsp3) is 0.0476.